The van der Waals surface area contributed by atoms with E-state index in [-0.39, 0.29) is 17.7 Å². The van der Waals surface area contributed by atoms with Crippen LogP contribution in [0.4, 0.5) is 0 Å². The number of oxazole rings is 1. The third kappa shape index (κ3) is 3.39. The van der Waals surface area contributed by atoms with Gasteiger partial charge in [-0.1, -0.05) is 42.1 Å². The van der Waals surface area contributed by atoms with Gasteiger partial charge in [0.1, 0.15) is 16.9 Å². The summed E-state index contributed by atoms with van der Waals surface area (Å²) in [6.45, 7) is 1.90. The highest BCUT2D eigenvalue weighted by Gasteiger charge is 2.15. The highest BCUT2D eigenvalue weighted by molar-refractivity contribution is 7.99. The second-order valence-electron chi connectivity index (χ2n) is 5.71. The average molecular weight is 352 g/mol. The second kappa shape index (κ2) is 6.64. The van der Waals surface area contributed by atoms with Gasteiger partial charge in [-0.3, -0.25) is 4.79 Å². The summed E-state index contributed by atoms with van der Waals surface area (Å²) in [5.74, 6) is 0.874. The SMILES string of the molecule is C[C@H](NC(=O)CSc1nc2ccccc2o1)c1cc2ccccc2o1. The summed E-state index contributed by atoms with van der Waals surface area (Å²) in [4.78, 5) is 16.5. The van der Waals surface area contributed by atoms with Crippen LogP contribution in [-0.4, -0.2) is 16.6 Å². The van der Waals surface area contributed by atoms with Gasteiger partial charge in [-0.2, -0.15) is 0 Å². The largest absolute Gasteiger partial charge is 0.459 e. The lowest BCUT2D eigenvalue weighted by Gasteiger charge is -2.10. The number of para-hydroxylation sites is 3. The number of benzene rings is 2. The topological polar surface area (TPSA) is 68.3 Å². The fourth-order valence-electron chi connectivity index (χ4n) is 2.61. The predicted molar refractivity (Wildman–Crippen MR) is 97.5 cm³/mol. The third-order valence-electron chi connectivity index (χ3n) is 3.85. The average Bonchev–Trinajstić information content (AvgIpc) is 3.23. The van der Waals surface area contributed by atoms with Gasteiger partial charge in [0.15, 0.2) is 5.58 Å². The van der Waals surface area contributed by atoms with Crippen LogP contribution in [0, 0.1) is 0 Å². The van der Waals surface area contributed by atoms with Crippen molar-refractivity contribution in [2.75, 3.05) is 5.75 Å². The van der Waals surface area contributed by atoms with Gasteiger partial charge >= 0.3 is 0 Å². The number of nitrogens with zero attached hydrogens (tertiary/aromatic N) is 1. The number of hydrogen-bond donors (Lipinski definition) is 1. The molecule has 4 aromatic rings. The molecule has 0 saturated carbocycles. The standard InChI is InChI=1S/C19H16N2O3S/c1-12(17-10-13-6-2-4-8-15(13)23-17)20-18(22)11-25-19-21-14-7-3-5-9-16(14)24-19/h2-10,12H,11H2,1H3,(H,20,22)/t12-/m0/s1. The van der Waals surface area contributed by atoms with Gasteiger partial charge in [0.05, 0.1) is 11.8 Å². The number of fused-ring (bicyclic) bond motifs is 2. The molecule has 0 saturated heterocycles. The molecule has 126 valence electrons. The molecule has 0 aliphatic heterocycles. The lowest BCUT2D eigenvalue weighted by Crippen LogP contribution is -2.27. The molecule has 0 bridgehead atoms. The number of carbonyl (C=O) groups excluding carboxylic acids is 1. The number of amides is 1. The lowest BCUT2D eigenvalue weighted by molar-refractivity contribution is -0.119. The minimum Gasteiger partial charge on any atom is -0.459 e. The van der Waals surface area contributed by atoms with Crippen LogP contribution in [0.5, 0.6) is 0 Å². The third-order valence-corrected chi connectivity index (χ3v) is 4.68. The molecule has 1 atom stereocenters. The van der Waals surface area contributed by atoms with Crippen molar-refractivity contribution < 1.29 is 13.6 Å². The minimum atomic E-state index is -0.205. The van der Waals surface area contributed by atoms with E-state index >= 15 is 0 Å². The maximum absolute atomic E-state index is 12.2. The van der Waals surface area contributed by atoms with Crippen molar-refractivity contribution in [1.29, 1.82) is 0 Å². The number of nitrogens with one attached hydrogen (secondary N) is 1. The first-order valence-electron chi connectivity index (χ1n) is 7.95. The van der Waals surface area contributed by atoms with Crippen molar-refractivity contribution in [2.45, 2.75) is 18.2 Å². The van der Waals surface area contributed by atoms with E-state index in [1.807, 2.05) is 61.5 Å². The van der Waals surface area contributed by atoms with E-state index in [4.69, 9.17) is 8.83 Å². The first-order valence-corrected chi connectivity index (χ1v) is 8.94. The van der Waals surface area contributed by atoms with Gasteiger partial charge in [-0.15, -0.1) is 0 Å². The summed E-state index contributed by atoms with van der Waals surface area (Å²) in [5, 5.41) is 4.46. The highest BCUT2D eigenvalue weighted by Crippen LogP contribution is 2.25. The number of furan rings is 1. The summed E-state index contributed by atoms with van der Waals surface area (Å²) in [6, 6.07) is 17.1. The molecule has 1 N–H and O–H groups in total. The smallest absolute Gasteiger partial charge is 0.257 e. The van der Waals surface area contributed by atoms with Crippen LogP contribution in [0.3, 0.4) is 0 Å². The van der Waals surface area contributed by atoms with Crippen molar-refractivity contribution in [1.82, 2.24) is 10.3 Å². The summed E-state index contributed by atoms with van der Waals surface area (Å²) in [6.07, 6.45) is 0. The zero-order valence-corrected chi connectivity index (χ0v) is 14.4. The molecular weight excluding hydrogens is 336 g/mol. The van der Waals surface area contributed by atoms with E-state index < -0.39 is 0 Å². The molecule has 0 aliphatic rings. The Labute approximate surface area is 148 Å². The fraction of sp³-hybridized carbons (Fsp3) is 0.158. The van der Waals surface area contributed by atoms with Gasteiger partial charge in [0.2, 0.25) is 5.91 Å². The maximum atomic E-state index is 12.2. The van der Waals surface area contributed by atoms with Gasteiger partial charge < -0.3 is 14.2 Å². The Balaban J connectivity index is 1.37. The molecule has 25 heavy (non-hydrogen) atoms. The molecule has 6 heteroatoms. The Bertz CT molecular complexity index is 971. The number of carbonyl (C=O) groups is 1. The summed E-state index contributed by atoms with van der Waals surface area (Å²) >= 11 is 1.28. The number of hydrogen-bond acceptors (Lipinski definition) is 5. The minimum absolute atomic E-state index is 0.0970. The number of thioether (sulfide) groups is 1. The van der Waals surface area contributed by atoms with Crippen LogP contribution in [-0.2, 0) is 4.79 Å². The number of rotatable bonds is 5. The molecule has 2 aromatic heterocycles. The van der Waals surface area contributed by atoms with Crippen molar-refractivity contribution in [3.8, 4) is 0 Å². The Kier molecular flexibility index (Phi) is 4.19. The second-order valence-corrected chi connectivity index (χ2v) is 6.64. The quantitative estimate of drug-likeness (QED) is 0.534. The van der Waals surface area contributed by atoms with Crippen LogP contribution >= 0.6 is 11.8 Å². The molecule has 5 nitrogen and oxygen atoms in total. The van der Waals surface area contributed by atoms with Crippen molar-refractivity contribution >= 4 is 39.7 Å². The fourth-order valence-corrected chi connectivity index (χ4v) is 3.26. The predicted octanol–water partition coefficient (Wildman–Crippen LogP) is 4.54. The van der Waals surface area contributed by atoms with Gasteiger partial charge in [0.25, 0.3) is 5.22 Å². The maximum Gasteiger partial charge on any atom is 0.257 e. The monoisotopic (exact) mass is 352 g/mol. The Hall–Kier alpha value is -2.73. The van der Waals surface area contributed by atoms with Gasteiger partial charge in [-0.05, 0) is 31.2 Å². The molecule has 0 aliphatic carbocycles. The van der Waals surface area contributed by atoms with Crippen molar-refractivity contribution in [3.05, 3.63) is 60.4 Å². The first kappa shape index (κ1) is 15.8. The van der Waals surface area contributed by atoms with E-state index in [9.17, 15) is 4.79 Å². The van der Waals surface area contributed by atoms with Gasteiger partial charge in [0, 0.05) is 5.39 Å². The van der Waals surface area contributed by atoms with Crippen LogP contribution in [0.25, 0.3) is 22.1 Å². The van der Waals surface area contributed by atoms with Crippen LogP contribution in [0.2, 0.25) is 0 Å². The van der Waals surface area contributed by atoms with E-state index in [0.717, 1.165) is 27.8 Å². The van der Waals surface area contributed by atoms with E-state index in [1.54, 1.807) is 0 Å². The van der Waals surface area contributed by atoms with E-state index in [1.165, 1.54) is 11.8 Å². The van der Waals surface area contributed by atoms with E-state index in [0.29, 0.717) is 5.22 Å². The van der Waals surface area contributed by atoms with Crippen LogP contribution < -0.4 is 5.32 Å². The Morgan fingerprint density at radius 2 is 1.88 bits per heavy atom. The van der Waals surface area contributed by atoms with E-state index in [2.05, 4.69) is 10.3 Å². The normalized spacial score (nSPS) is 12.5. The summed E-state index contributed by atoms with van der Waals surface area (Å²) in [7, 11) is 0. The number of aromatic nitrogens is 1. The summed E-state index contributed by atoms with van der Waals surface area (Å²) in [5.41, 5.74) is 2.33. The molecule has 0 radical (unpaired) electrons. The molecule has 2 aromatic carbocycles. The molecule has 0 fully saturated rings. The Morgan fingerprint density at radius 3 is 2.68 bits per heavy atom. The highest BCUT2D eigenvalue weighted by atomic mass is 32.2. The molecule has 0 spiro atoms. The summed E-state index contributed by atoms with van der Waals surface area (Å²) < 4.78 is 11.4. The molecule has 0 unspecified atom stereocenters. The molecule has 4 rings (SSSR count). The lowest BCUT2D eigenvalue weighted by atomic mass is 10.2. The van der Waals surface area contributed by atoms with Crippen LogP contribution in [0.15, 0.2) is 68.7 Å². The molecular formula is C19H16N2O3S. The first-order chi connectivity index (χ1) is 12.2. The zero-order chi connectivity index (χ0) is 17.2. The van der Waals surface area contributed by atoms with Gasteiger partial charge in [-0.25, -0.2) is 4.98 Å². The molecule has 2 heterocycles. The van der Waals surface area contributed by atoms with Crippen molar-refractivity contribution in [3.63, 3.8) is 0 Å². The van der Waals surface area contributed by atoms with Crippen molar-refractivity contribution in [2.24, 2.45) is 0 Å². The molecule has 1 amide bonds. The van der Waals surface area contributed by atoms with Crippen LogP contribution in [0.1, 0.15) is 18.7 Å². The zero-order valence-electron chi connectivity index (χ0n) is 13.6. The Morgan fingerprint density at radius 1 is 1.12 bits per heavy atom.